The van der Waals surface area contributed by atoms with E-state index in [2.05, 4.69) is 20.3 Å². The number of nitrogen functional groups attached to an aromatic ring is 1. The molecule has 0 aliphatic rings. The van der Waals surface area contributed by atoms with Gasteiger partial charge in [0.1, 0.15) is 5.82 Å². The van der Waals surface area contributed by atoms with Crippen LogP contribution in [0, 0.1) is 5.82 Å². The van der Waals surface area contributed by atoms with E-state index in [9.17, 15) is 4.39 Å². The Kier molecular flexibility index (Phi) is 4.10. The molecule has 3 heterocycles. The van der Waals surface area contributed by atoms with Crippen LogP contribution >= 0.6 is 11.6 Å². The Bertz CT molecular complexity index is 1120. The van der Waals surface area contributed by atoms with Gasteiger partial charge in [-0.3, -0.25) is 4.98 Å². The number of pyridine rings is 3. The van der Waals surface area contributed by atoms with E-state index < -0.39 is 5.82 Å². The molecular weight excluding hydrogens is 353 g/mol. The normalized spacial score (nSPS) is 10.8. The second-order valence-electron chi connectivity index (χ2n) is 5.64. The molecule has 0 unspecified atom stereocenters. The van der Waals surface area contributed by atoms with Gasteiger partial charge >= 0.3 is 0 Å². The van der Waals surface area contributed by atoms with Crippen LogP contribution in [0.25, 0.3) is 22.3 Å². The lowest BCUT2D eigenvalue weighted by atomic mass is 10.1. The number of aromatic nitrogens is 3. The van der Waals surface area contributed by atoms with Crippen LogP contribution in [0.4, 0.5) is 21.5 Å². The molecule has 0 saturated heterocycles. The predicted octanol–water partition coefficient (Wildman–Crippen LogP) is 4.81. The molecule has 0 aliphatic carbocycles. The lowest BCUT2D eigenvalue weighted by Crippen LogP contribution is -2.00. The number of benzene rings is 1. The minimum Gasteiger partial charge on any atom is -0.396 e. The molecule has 4 rings (SSSR count). The van der Waals surface area contributed by atoms with E-state index in [0.29, 0.717) is 39.0 Å². The molecule has 0 bridgehead atoms. The van der Waals surface area contributed by atoms with Gasteiger partial charge in [-0.25, -0.2) is 14.4 Å². The maximum absolute atomic E-state index is 14.3. The number of halogens is 2. The van der Waals surface area contributed by atoms with Crippen molar-refractivity contribution in [2.24, 2.45) is 0 Å². The maximum Gasteiger partial charge on any atom is 0.161 e. The van der Waals surface area contributed by atoms with Gasteiger partial charge in [0.05, 0.1) is 29.0 Å². The number of rotatable bonds is 3. The highest BCUT2D eigenvalue weighted by Crippen LogP contribution is 2.32. The minimum atomic E-state index is -0.411. The van der Waals surface area contributed by atoms with Crippen molar-refractivity contribution in [1.82, 2.24) is 15.0 Å². The minimum absolute atomic E-state index is 0.302. The van der Waals surface area contributed by atoms with Gasteiger partial charge < -0.3 is 11.1 Å². The molecule has 4 aromatic rings. The summed E-state index contributed by atoms with van der Waals surface area (Å²) in [5.74, 6) is -0.411. The topological polar surface area (TPSA) is 76.7 Å². The van der Waals surface area contributed by atoms with Crippen LogP contribution in [0.15, 0.2) is 61.1 Å². The third kappa shape index (κ3) is 3.02. The molecule has 0 radical (unpaired) electrons. The lowest BCUT2D eigenvalue weighted by molar-refractivity contribution is 0.631. The number of nitrogens with one attached hydrogen (secondary N) is 1. The quantitative estimate of drug-likeness (QED) is 0.544. The van der Waals surface area contributed by atoms with Crippen molar-refractivity contribution >= 4 is 39.7 Å². The molecular formula is C19H13ClFN5. The van der Waals surface area contributed by atoms with Crippen molar-refractivity contribution in [2.75, 3.05) is 11.1 Å². The molecule has 7 heteroatoms. The molecule has 1 aromatic carbocycles. The van der Waals surface area contributed by atoms with Crippen LogP contribution in [0.3, 0.4) is 0 Å². The summed E-state index contributed by atoms with van der Waals surface area (Å²) in [4.78, 5) is 12.8. The first-order valence-electron chi connectivity index (χ1n) is 7.79. The van der Waals surface area contributed by atoms with Gasteiger partial charge in [-0.05, 0) is 42.5 Å². The highest BCUT2D eigenvalue weighted by molar-refractivity contribution is 6.30. The Morgan fingerprint density at radius 1 is 1.04 bits per heavy atom. The van der Waals surface area contributed by atoms with E-state index in [1.165, 1.54) is 12.1 Å². The Balaban J connectivity index is 1.91. The summed E-state index contributed by atoms with van der Waals surface area (Å²) in [5.41, 5.74) is 9.07. The van der Waals surface area contributed by atoms with Gasteiger partial charge in [-0.1, -0.05) is 11.6 Å². The predicted molar refractivity (Wildman–Crippen MR) is 102 cm³/mol. The fourth-order valence-corrected chi connectivity index (χ4v) is 2.83. The van der Waals surface area contributed by atoms with Gasteiger partial charge in [-0.15, -0.1) is 0 Å². The molecule has 128 valence electrons. The number of fused-ring (bicyclic) bond motifs is 1. The summed E-state index contributed by atoms with van der Waals surface area (Å²) in [6.07, 6.45) is 4.83. The largest absolute Gasteiger partial charge is 0.396 e. The standard InChI is InChI=1S/C19H13ClFN5/c20-11-3-4-14(21)13(8-11)18-9-17(12-2-1-6-24-19(12)26-18)25-16-5-7-23-10-15(16)22/h1-10H,22H2,(H,23,24,25,26). The van der Waals surface area contributed by atoms with E-state index in [0.717, 1.165) is 5.39 Å². The van der Waals surface area contributed by atoms with Crippen molar-refractivity contribution in [3.8, 4) is 11.3 Å². The third-order valence-corrected chi connectivity index (χ3v) is 4.14. The molecule has 0 atom stereocenters. The Hall–Kier alpha value is -3.25. The molecule has 26 heavy (non-hydrogen) atoms. The smallest absolute Gasteiger partial charge is 0.161 e. The van der Waals surface area contributed by atoms with Gasteiger partial charge in [0.2, 0.25) is 0 Å². The number of hydrogen-bond donors (Lipinski definition) is 2. The molecule has 3 aromatic heterocycles. The van der Waals surface area contributed by atoms with Crippen molar-refractivity contribution in [3.05, 3.63) is 71.9 Å². The third-order valence-electron chi connectivity index (χ3n) is 3.91. The molecule has 0 amide bonds. The molecule has 3 N–H and O–H groups in total. The monoisotopic (exact) mass is 365 g/mol. The van der Waals surface area contributed by atoms with Gasteiger partial charge in [0.25, 0.3) is 0 Å². The summed E-state index contributed by atoms with van der Waals surface area (Å²) in [7, 11) is 0. The molecule has 0 spiro atoms. The van der Waals surface area contributed by atoms with Crippen LogP contribution in [0.2, 0.25) is 5.02 Å². The summed E-state index contributed by atoms with van der Waals surface area (Å²) in [6.45, 7) is 0. The van der Waals surface area contributed by atoms with Crippen molar-refractivity contribution in [3.63, 3.8) is 0 Å². The van der Waals surface area contributed by atoms with Gasteiger partial charge in [0, 0.05) is 28.4 Å². The van der Waals surface area contributed by atoms with Crippen LogP contribution in [0.5, 0.6) is 0 Å². The second kappa shape index (κ2) is 6.57. The summed E-state index contributed by atoms with van der Waals surface area (Å²) in [5, 5.41) is 4.47. The van der Waals surface area contributed by atoms with E-state index in [1.807, 2.05) is 12.1 Å². The maximum atomic E-state index is 14.3. The van der Waals surface area contributed by atoms with Crippen LogP contribution in [0.1, 0.15) is 0 Å². The first-order chi connectivity index (χ1) is 12.6. The Morgan fingerprint density at radius 2 is 1.92 bits per heavy atom. The lowest BCUT2D eigenvalue weighted by Gasteiger charge is -2.13. The number of nitrogens with two attached hydrogens (primary N) is 1. The first kappa shape index (κ1) is 16.2. The highest BCUT2D eigenvalue weighted by atomic mass is 35.5. The average molecular weight is 366 g/mol. The van der Waals surface area contributed by atoms with E-state index in [4.69, 9.17) is 17.3 Å². The van der Waals surface area contributed by atoms with Crippen LogP contribution < -0.4 is 11.1 Å². The van der Waals surface area contributed by atoms with Gasteiger partial charge in [0.15, 0.2) is 5.65 Å². The van der Waals surface area contributed by atoms with Crippen LogP contribution in [-0.4, -0.2) is 15.0 Å². The van der Waals surface area contributed by atoms with E-state index >= 15 is 0 Å². The summed E-state index contributed by atoms with van der Waals surface area (Å²) >= 11 is 6.03. The first-order valence-corrected chi connectivity index (χ1v) is 8.17. The zero-order chi connectivity index (χ0) is 18.1. The number of nitrogens with zero attached hydrogens (tertiary/aromatic N) is 3. The average Bonchev–Trinajstić information content (AvgIpc) is 2.65. The summed E-state index contributed by atoms with van der Waals surface area (Å²) in [6, 6.07) is 11.6. The molecule has 5 nitrogen and oxygen atoms in total. The van der Waals surface area contributed by atoms with Crippen molar-refractivity contribution in [1.29, 1.82) is 0 Å². The SMILES string of the molecule is Nc1cnccc1Nc1cc(-c2cc(Cl)ccc2F)nc2ncccc12. The van der Waals surface area contributed by atoms with Crippen molar-refractivity contribution < 1.29 is 4.39 Å². The molecule has 0 aliphatic heterocycles. The van der Waals surface area contributed by atoms with Crippen LogP contribution in [-0.2, 0) is 0 Å². The molecule has 0 saturated carbocycles. The fourth-order valence-electron chi connectivity index (χ4n) is 2.66. The molecule has 0 fully saturated rings. The van der Waals surface area contributed by atoms with E-state index in [-0.39, 0.29) is 0 Å². The highest BCUT2D eigenvalue weighted by Gasteiger charge is 2.13. The zero-order valence-corrected chi connectivity index (χ0v) is 14.2. The summed E-state index contributed by atoms with van der Waals surface area (Å²) < 4.78 is 14.3. The van der Waals surface area contributed by atoms with Crippen molar-refractivity contribution in [2.45, 2.75) is 0 Å². The van der Waals surface area contributed by atoms with Gasteiger partial charge in [-0.2, -0.15) is 0 Å². The number of hydrogen-bond acceptors (Lipinski definition) is 5. The fraction of sp³-hybridized carbons (Fsp3) is 0. The Labute approximate surface area is 153 Å². The number of anilines is 3. The Morgan fingerprint density at radius 3 is 2.77 bits per heavy atom. The van der Waals surface area contributed by atoms with E-state index in [1.54, 1.807) is 36.8 Å². The second-order valence-corrected chi connectivity index (χ2v) is 6.08. The zero-order valence-electron chi connectivity index (χ0n) is 13.4.